The Bertz CT molecular complexity index is 1040. The summed E-state index contributed by atoms with van der Waals surface area (Å²) in [6.45, 7) is 0.473. The summed E-state index contributed by atoms with van der Waals surface area (Å²) in [5.41, 5.74) is 2.00. The van der Waals surface area contributed by atoms with Crippen LogP contribution in [0.3, 0.4) is 0 Å². The summed E-state index contributed by atoms with van der Waals surface area (Å²) in [4.78, 5) is 12.3. The van der Waals surface area contributed by atoms with Crippen LogP contribution in [0.15, 0.2) is 71.6 Å². The first-order valence-corrected chi connectivity index (χ1v) is 9.00. The average molecular weight is 360 g/mol. The van der Waals surface area contributed by atoms with E-state index in [0.29, 0.717) is 11.5 Å². The molecule has 4 rings (SSSR count). The van der Waals surface area contributed by atoms with Crippen LogP contribution < -0.4 is 10.1 Å². The number of carbonyl (C=O) groups excluding carboxylic acids is 1. The number of amidine groups is 1. The molecule has 0 unspecified atom stereocenters. The number of hydrogen-bond donors (Lipinski definition) is 2. The van der Waals surface area contributed by atoms with Crippen LogP contribution in [0.2, 0.25) is 0 Å². The minimum Gasteiger partial charge on any atom is -0.489 e. The number of nitrogens with one attached hydrogen (secondary N) is 2. The number of carbonyl (C=O) groups is 1. The molecule has 1 amide bonds. The van der Waals surface area contributed by atoms with Gasteiger partial charge < -0.3 is 10.1 Å². The van der Waals surface area contributed by atoms with Crippen molar-refractivity contribution in [1.29, 1.82) is 5.41 Å². The van der Waals surface area contributed by atoms with Gasteiger partial charge in [0.15, 0.2) is 5.17 Å². The quantitative estimate of drug-likeness (QED) is 0.671. The number of fused-ring (bicyclic) bond motifs is 1. The maximum atomic E-state index is 11.7. The molecule has 3 aromatic rings. The van der Waals surface area contributed by atoms with Gasteiger partial charge in [0.25, 0.3) is 5.91 Å². The normalized spacial score (nSPS) is 15.5. The predicted molar refractivity (Wildman–Crippen MR) is 106 cm³/mol. The molecule has 2 N–H and O–H groups in total. The fourth-order valence-corrected chi connectivity index (χ4v) is 3.57. The van der Waals surface area contributed by atoms with E-state index in [2.05, 4.69) is 29.6 Å². The Kier molecular flexibility index (Phi) is 4.46. The molecule has 0 saturated carbocycles. The van der Waals surface area contributed by atoms with Crippen LogP contribution in [0, 0.1) is 5.41 Å². The third kappa shape index (κ3) is 3.48. The van der Waals surface area contributed by atoms with E-state index in [0.717, 1.165) is 28.6 Å². The summed E-state index contributed by atoms with van der Waals surface area (Å²) in [6.07, 6.45) is 1.77. The van der Waals surface area contributed by atoms with Crippen LogP contribution in [0.5, 0.6) is 5.75 Å². The van der Waals surface area contributed by atoms with Crippen molar-refractivity contribution < 1.29 is 9.53 Å². The van der Waals surface area contributed by atoms with E-state index >= 15 is 0 Å². The molecule has 128 valence electrons. The molecule has 0 spiro atoms. The summed E-state index contributed by atoms with van der Waals surface area (Å²) >= 11 is 1.13. The molecule has 1 heterocycles. The van der Waals surface area contributed by atoms with Gasteiger partial charge >= 0.3 is 0 Å². The molecule has 1 aliphatic rings. The standard InChI is InChI=1S/C21H16N2O2S/c22-21-23-20(24)19(26-21)12-14-5-3-9-17(11-14)25-13-16-8-4-7-15-6-1-2-10-18(15)16/h1-12H,13H2,(H2,22,23,24). The van der Waals surface area contributed by atoms with Crippen LogP contribution in [-0.2, 0) is 11.4 Å². The molecule has 0 atom stereocenters. The van der Waals surface area contributed by atoms with Gasteiger partial charge in [0.05, 0.1) is 4.91 Å². The van der Waals surface area contributed by atoms with Crippen LogP contribution in [-0.4, -0.2) is 11.1 Å². The molecule has 0 bridgehead atoms. The van der Waals surface area contributed by atoms with Crippen LogP contribution in [0.4, 0.5) is 0 Å². The highest BCUT2D eigenvalue weighted by atomic mass is 32.2. The van der Waals surface area contributed by atoms with E-state index in [9.17, 15) is 4.79 Å². The first-order chi connectivity index (χ1) is 12.7. The number of ether oxygens (including phenoxy) is 1. The van der Waals surface area contributed by atoms with Crippen LogP contribution >= 0.6 is 11.8 Å². The Labute approximate surface area is 155 Å². The molecule has 3 aromatic carbocycles. The van der Waals surface area contributed by atoms with Crippen molar-refractivity contribution in [3.8, 4) is 5.75 Å². The number of rotatable bonds is 4. The molecule has 4 nitrogen and oxygen atoms in total. The molecule has 0 radical (unpaired) electrons. The zero-order chi connectivity index (χ0) is 17.9. The molecule has 1 fully saturated rings. The first-order valence-electron chi connectivity index (χ1n) is 8.18. The van der Waals surface area contributed by atoms with E-state index in [1.54, 1.807) is 6.08 Å². The molecular weight excluding hydrogens is 344 g/mol. The van der Waals surface area contributed by atoms with Crippen molar-refractivity contribution in [3.05, 3.63) is 82.8 Å². The smallest absolute Gasteiger partial charge is 0.264 e. The van der Waals surface area contributed by atoms with Gasteiger partial charge in [-0.15, -0.1) is 0 Å². The molecular formula is C21H16N2O2S. The fourth-order valence-electron chi connectivity index (χ4n) is 2.87. The summed E-state index contributed by atoms with van der Waals surface area (Å²) in [5, 5.41) is 12.5. The van der Waals surface area contributed by atoms with Gasteiger partial charge in [-0.05, 0) is 51.9 Å². The highest BCUT2D eigenvalue weighted by Gasteiger charge is 2.22. The van der Waals surface area contributed by atoms with E-state index < -0.39 is 0 Å². The lowest BCUT2D eigenvalue weighted by Gasteiger charge is -2.09. The third-order valence-corrected chi connectivity index (χ3v) is 4.92. The summed E-state index contributed by atoms with van der Waals surface area (Å²) in [7, 11) is 0. The second-order valence-corrected chi connectivity index (χ2v) is 6.95. The van der Waals surface area contributed by atoms with Gasteiger partial charge in [0.2, 0.25) is 0 Å². The van der Waals surface area contributed by atoms with E-state index in [-0.39, 0.29) is 11.1 Å². The monoisotopic (exact) mass is 360 g/mol. The van der Waals surface area contributed by atoms with Gasteiger partial charge in [0, 0.05) is 0 Å². The lowest BCUT2D eigenvalue weighted by atomic mass is 10.1. The maximum absolute atomic E-state index is 11.7. The van der Waals surface area contributed by atoms with E-state index in [4.69, 9.17) is 10.1 Å². The van der Waals surface area contributed by atoms with Crippen LogP contribution in [0.1, 0.15) is 11.1 Å². The zero-order valence-corrected chi connectivity index (χ0v) is 14.7. The van der Waals surface area contributed by atoms with Gasteiger partial charge in [-0.25, -0.2) is 0 Å². The van der Waals surface area contributed by atoms with Crippen LogP contribution in [0.25, 0.3) is 16.8 Å². The van der Waals surface area contributed by atoms with Gasteiger partial charge in [0.1, 0.15) is 12.4 Å². The Morgan fingerprint density at radius 1 is 1.04 bits per heavy atom. The third-order valence-electron chi connectivity index (χ3n) is 4.09. The Morgan fingerprint density at radius 2 is 1.85 bits per heavy atom. The first kappa shape index (κ1) is 16.4. The van der Waals surface area contributed by atoms with Crippen molar-refractivity contribution in [2.75, 3.05) is 0 Å². The predicted octanol–water partition coefficient (Wildman–Crippen LogP) is 4.56. The second-order valence-electron chi connectivity index (χ2n) is 5.89. The Balaban J connectivity index is 1.53. The van der Waals surface area contributed by atoms with Crippen molar-refractivity contribution in [2.24, 2.45) is 0 Å². The zero-order valence-electron chi connectivity index (χ0n) is 13.9. The molecule has 0 aliphatic carbocycles. The topological polar surface area (TPSA) is 62.2 Å². The largest absolute Gasteiger partial charge is 0.489 e. The Morgan fingerprint density at radius 3 is 2.69 bits per heavy atom. The minimum absolute atomic E-state index is 0.157. The lowest BCUT2D eigenvalue weighted by molar-refractivity contribution is -0.115. The van der Waals surface area contributed by atoms with E-state index in [1.807, 2.05) is 42.5 Å². The molecule has 0 aromatic heterocycles. The minimum atomic E-state index is -0.234. The maximum Gasteiger partial charge on any atom is 0.264 e. The molecule has 5 heteroatoms. The number of amides is 1. The number of hydrogen-bond acceptors (Lipinski definition) is 4. The van der Waals surface area contributed by atoms with Crippen molar-refractivity contribution >= 4 is 39.7 Å². The average Bonchev–Trinajstić information content (AvgIpc) is 2.97. The van der Waals surface area contributed by atoms with Crippen molar-refractivity contribution in [2.45, 2.75) is 6.61 Å². The summed E-state index contributed by atoms with van der Waals surface area (Å²) in [5.74, 6) is 0.507. The van der Waals surface area contributed by atoms with E-state index in [1.165, 1.54) is 10.8 Å². The second kappa shape index (κ2) is 7.06. The summed E-state index contributed by atoms with van der Waals surface area (Å²) < 4.78 is 5.97. The lowest BCUT2D eigenvalue weighted by Crippen LogP contribution is -2.18. The SMILES string of the molecule is N=C1NC(=O)C(=Cc2cccc(OCc3cccc4ccccc34)c2)S1. The van der Waals surface area contributed by atoms with Gasteiger partial charge in [-0.1, -0.05) is 54.6 Å². The fraction of sp³-hybridized carbons (Fsp3) is 0.0476. The van der Waals surface area contributed by atoms with Crippen molar-refractivity contribution in [1.82, 2.24) is 5.32 Å². The number of benzene rings is 3. The molecule has 1 aliphatic heterocycles. The van der Waals surface area contributed by atoms with Crippen molar-refractivity contribution in [3.63, 3.8) is 0 Å². The molecule has 1 saturated heterocycles. The van der Waals surface area contributed by atoms with Gasteiger partial charge in [-0.2, -0.15) is 0 Å². The highest BCUT2D eigenvalue weighted by molar-refractivity contribution is 8.18. The molecule has 26 heavy (non-hydrogen) atoms. The number of thioether (sulfide) groups is 1. The van der Waals surface area contributed by atoms with Gasteiger partial charge in [-0.3, -0.25) is 10.2 Å². The summed E-state index contributed by atoms with van der Waals surface area (Å²) in [6, 6.07) is 22.0. The Hall–Kier alpha value is -3.05. The highest BCUT2D eigenvalue weighted by Crippen LogP contribution is 2.26.